The van der Waals surface area contributed by atoms with Crippen LogP contribution < -0.4 is 0 Å². The Bertz CT molecular complexity index is 313. The second-order valence-electron chi connectivity index (χ2n) is 3.65. The minimum absolute atomic E-state index is 0.140. The molecule has 1 aromatic rings. The lowest BCUT2D eigenvalue weighted by molar-refractivity contribution is -0.148. The summed E-state index contributed by atoms with van der Waals surface area (Å²) < 4.78 is 4.91. The van der Waals surface area contributed by atoms with E-state index in [4.69, 9.17) is 4.74 Å². The number of hydrogen-bond acceptors (Lipinski definition) is 2. The molecule has 0 aromatic heterocycles. The van der Waals surface area contributed by atoms with Gasteiger partial charge in [-0.15, -0.1) is 0 Å². The van der Waals surface area contributed by atoms with Crippen molar-refractivity contribution in [1.29, 1.82) is 0 Å². The van der Waals surface area contributed by atoms with Gasteiger partial charge in [0.2, 0.25) is 0 Å². The number of hydrogen-bond donors (Lipinski definition) is 0. The van der Waals surface area contributed by atoms with Gasteiger partial charge >= 0.3 is 5.97 Å². The summed E-state index contributed by atoms with van der Waals surface area (Å²) in [6, 6.07) is 9.85. The van der Waals surface area contributed by atoms with Crippen LogP contribution >= 0.6 is 0 Å². The first-order valence-corrected chi connectivity index (χ1v) is 5.35. The highest BCUT2D eigenvalue weighted by Gasteiger charge is 2.37. The Balaban J connectivity index is 3.17. The molecule has 0 amide bonds. The smallest absolute Gasteiger partial charge is 0.316 e. The number of benzene rings is 1. The summed E-state index contributed by atoms with van der Waals surface area (Å²) in [5, 5.41) is 0. The van der Waals surface area contributed by atoms with Gasteiger partial charge in [0.15, 0.2) is 0 Å². The van der Waals surface area contributed by atoms with E-state index in [0.717, 1.165) is 18.4 Å². The first-order valence-electron chi connectivity index (χ1n) is 5.35. The van der Waals surface area contributed by atoms with Gasteiger partial charge in [-0.1, -0.05) is 44.2 Å². The van der Waals surface area contributed by atoms with Crippen molar-refractivity contribution in [2.24, 2.45) is 0 Å². The largest absolute Gasteiger partial charge is 0.468 e. The number of rotatable bonds is 4. The van der Waals surface area contributed by atoms with Gasteiger partial charge in [0.05, 0.1) is 12.5 Å². The first-order chi connectivity index (χ1) is 7.21. The molecule has 0 fully saturated rings. The van der Waals surface area contributed by atoms with Gasteiger partial charge in [0.25, 0.3) is 0 Å². The third-order valence-corrected chi connectivity index (χ3v) is 3.11. The Morgan fingerprint density at radius 1 is 1.20 bits per heavy atom. The topological polar surface area (TPSA) is 26.3 Å². The summed E-state index contributed by atoms with van der Waals surface area (Å²) in [5.41, 5.74) is 0.567. The van der Waals surface area contributed by atoms with Crippen LogP contribution in [0.4, 0.5) is 0 Å². The Morgan fingerprint density at radius 2 is 1.73 bits per heavy atom. The van der Waals surface area contributed by atoms with E-state index >= 15 is 0 Å². The summed E-state index contributed by atoms with van der Waals surface area (Å²) >= 11 is 0. The third kappa shape index (κ3) is 2.04. The standard InChI is InChI=1S/C13H18O2/c1-4-13(5-2,12(14)15-3)11-9-7-6-8-10-11/h6-10H,4-5H2,1-3H3. The molecule has 15 heavy (non-hydrogen) atoms. The highest BCUT2D eigenvalue weighted by Crippen LogP contribution is 2.32. The van der Waals surface area contributed by atoms with E-state index in [0.29, 0.717) is 0 Å². The zero-order valence-corrected chi connectivity index (χ0v) is 9.62. The van der Waals surface area contributed by atoms with Gasteiger partial charge in [-0.2, -0.15) is 0 Å². The lowest BCUT2D eigenvalue weighted by Gasteiger charge is -2.28. The van der Waals surface area contributed by atoms with Gasteiger partial charge in [-0.05, 0) is 18.4 Å². The summed E-state index contributed by atoms with van der Waals surface area (Å²) in [6.07, 6.45) is 1.53. The molecule has 2 nitrogen and oxygen atoms in total. The second kappa shape index (κ2) is 4.96. The average Bonchev–Trinajstić information content (AvgIpc) is 2.32. The van der Waals surface area contributed by atoms with Crippen molar-refractivity contribution in [3.63, 3.8) is 0 Å². The second-order valence-corrected chi connectivity index (χ2v) is 3.65. The van der Waals surface area contributed by atoms with Crippen molar-refractivity contribution in [3.05, 3.63) is 35.9 Å². The van der Waals surface area contributed by atoms with Crippen molar-refractivity contribution < 1.29 is 9.53 Å². The van der Waals surface area contributed by atoms with Crippen LogP contribution in [0.25, 0.3) is 0 Å². The maximum absolute atomic E-state index is 11.9. The number of carbonyl (C=O) groups excluding carboxylic acids is 1. The van der Waals surface area contributed by atoms with E-state index in [-0.39, 0.29) is 5.97 Å². The van der Waals surface area contributed by atoms with Crippen molar-refractivity contribution in [2.45, 2.75) is 32.1 Å². The number of ether oxygens (including phenoxy) is 1. The summed E-state index contributed by atoms with van der Waals surface area (Å²) in [4.78, 5) is 11.9. The van der Waals surface area contributed by atoms with Crippen LogP contribution in [0, 0.1) is 0 Å². The molecule has 0 spiro atoms. The minimum atomic E-state index is -0.476. The molecule has 0 aliphatic rings. The first kappa shape index (κ1) is 11.8. The monoisotopic (exact) mass is 206 g/mol. The number of methoxy groups -OCH3 is 1. The number of carbonyl (C=O) groups is 1. The molecular weight excluding hydrogens is 188 g/mol. The molecule has 0 saturated carbocycles. The fourth-order valence-electron chi connectivity index (χ4n) is 2.02. The van der Waals surface area contributed by atoms with Crippen molar-refractivity contribution in [2.75, 3.05) is 7.11 Å². The molecule has 0 saturated heterocycles. The molecule has 0 aliphatic heterocycles. The fraction of sp³-hybridized carbons (Fsp3) is 0.462. The average molecular weight is 206 g/mol. The van der Waals surface area contributed by atoms with Gasteiger partial charge in [-0.25, -0.2) is 0 Å². The maximum Gasteiger partial charge on any atom is 0.316 e. The molecule has 0 atom stereocenters. The molecule has 2 heteroatoms. The van der Waals surface area contributed by atoms with Crippen LogP contribution in [0.5, 0.6) is 0 Å². The minimum Gasteiger partial charge on any atom is -0.468 e. The Hall–Kier alpha value is -1.31. The molecule has 82 valence electrons. The van der Waals surface area contributed by atoms with Crippen LogP contribution in [0.1, 0.15) is 32.3 Å². The van der Waals surface area contributed by atoms with E-state index in [1.165, 1.54) is 7.11 Å². The van der Waals surface area contributed by atoms with Gasteiger partial charge in [0.1, 0.15) is 0 Å². The molecule has 0 heterocycles. The van der Waals surface area contributed by atoms with E-state index in [1.807, 2.05) is 44.2 Å². The fourth-order valence-corrected chi connectivity index (χ4v) is 2.02. The predicted molar refractivity (Wildman–Crippen MR) is 60.7 cm³/mol. The molecule has 0 N–H and O–H groups in total. The molecular formula is C13H18O2. The highest BCUT2D eigenvalue weighted by atomic mass is 16.5. The molecule has 1 rings (SSSR count). The maximum atomic E-state index is 11.9. The summed E-state index contributed by atoms with van der Waals surface area (Å²) in [5.74, 6) is -0.140. The lowest BCUT2D eigenvalue weighted by Crippen LogP contribution is -2.35. The van der Waals surface area contributed by atoms with Crippen LogP contribution in [0.15, 0.2) is 30.3 Å². The van der Waals surface area contributed by atoms with Gasteiger partial charge < -0.3 is 4.74 Å². The zero-order valence-electron chi connectivity index (χ0n) is 9.62. The van der Waals surface area contributed by atoms with Crippen LogP contribution in [0.3, 0.4) is 0 Å². The lowest BCUT2D eigenvalue weighted by atomic mass is 9.76. The molecule has 0 bridgehead atoms. The van der Waals surface area contributed by atoms with Gasteiger partial charge in [0, 0.05) is 0 Å². The van der Waals surface area contributed by atoms with E-state index in [2.05, 4.69) is 0 Å². The Morgan fingerprint density at radius 3 is 2.13 bits per heavy atom. The van der Waals surface area contributed by atoms with Crippen molar-refractivity contribution in [1.82, 2.24) is 0 Å². The van der Waals surface area contributed by atoms with E-state index < -0.39 is 5.41 Å². The SMILES string of the molecule is CCC(CC)(C(=O)OC)c1ccccc1. The summed E-state index contributed by atoms with van der Waals surface area (Å²) in [7, 11) is 1.45. The van der Waals surface area contributed by atoms with Crippen molar-refractivity contribution >= 4 is 5.97 Å². The molecule has 0 radical (unpaired) electrons. The molecule has 1 aromatic carbocycles. The van der Waals surface area contributed by atoms with E-state index in [1.54, 1.807) is 0 Å². The van der Waals surface area contributed by atoms with Crippen LogP contribution in [0.2, 0.25) is 0 Å². The predicted octanol–water partition coefficient (Wildman–Crippen LogP) is 2.92. The Labute approximate surface area is 91.3 Å². The van der Waals surface area contributed by atoms with E-state index in [9.17, 15) is 4.79 Å². The normalized spacial score (nSPS) is 11.1. The molecule has 0 aliphatic carbocycles. The third-order valence-electron chi connectivity index (χ3n) is 3.11. The van der Waals surface area contributed by atoms with Crippen LogP contribution in [-0.2, 0) is 14.9 Å². The molecule has 0 unspecified atom stereocenters. The van der Waals surface area contributed by atoms with Gasteiger partial charge in [-0.3, -0.25) is 4.79 Å². The quantitative estimate of drug-likeness (QED) is 0.708. The number of esters is 1. The zero-order chi connectivity index (χ0) is 11.3. The van der Waals surface area contributed by atoms with Crippen LogP contribution in [-0.4, -0.2) is 13.1 Å². The van der Waals surface area contributed by atoms with Crippen molar-refractivity contribution in [3.8, 4) is 0 Å². The summed E-state index contributed by atoms with van der Waals surface area (Å²) in [6.45, 7) is 4.04. The Kier molecular flexibility index (Phi) is 3.89. The highest BCUT2D eigenvalue weighted by molar-refractivity contribution is 5.83.